The summed E-state index contributed by atoms with van der Waals surface area (Å²) in [6.45, 7) is 7.08. The molecule has 1 aliphatic carbocycles. The van der Waals surface area contributed by atoms with E-state index >= 15 is 0 Å². The van der Waals surface area contributed by atoms with Gasteiger partial charge in [0.25, 0.3) is 0 Å². The number of urea groups is 1. The molecule has 47 heavy (non-hydrogen) atoms. The number of aromatic nitrogens is 3. The van der Waals surface area contributed by atoms with E-state index in [0.29, 0.717) is 18.5 Å². The number of nitrogens with zero attached hydrogens (tertiary/aromatic N) is 4. The Morgan fingerprint density at radius 1 is 1.00 bits per heavy atom. The first-order chi connectivity index (χ1) is 22.3. The predicted octanol–water partition coefficient (Wildman–Crippen LogP) is 5.95. The summed E-state index contributed by atoms with van der Waals surface area (Å²) in [6, 6.07) is 14.9. The molecule has 0 unspecified atom stereocenters. The third-order valence-electron chi connectivity index (χ3n) is 8.94. The van der Waals surface area contributed by atoms with Gasteiger partial charge in [-0.3, -0.25) is 14.0 Å². The van der Waals surface area contributed by atoms with E-state index in [4.69, 9.17) is 9.47 Å². The normalized spacial score (nSPS) is 20.1. The molecular weight excluding hydrogens is 618 g/mol. The van der Waals surface area contributed by atoms with E-state index in [1.165, 1.54) is 7.11 Å². The van der Waals surface area contributed by atoms with Crippen LogP contribution >= 0.6 is 0 Å². The summed E-state index contributed by atoms with van der Waals surface area (Å²) >= 11 is 0. The number of sulfonamides is 1. The zero-order chi connectivity index (χ0) is 33.5. The Labute approximate surface area is 275 Å². The van der Waals surface area contributed by atoms with Crippen LogP contribution in [-0.4, -0.2) is 60.9 Å². The van der Waals surface area contributed by atoms with E-state index in [1.807, 2.05) is 73.8 Å². The second-order valence-corrected chi connectivity index (χ2v) is 15.2. The molecule has 13 heteroatoms. The number of pyridine rings is 1. The van der Waals surface area contributed by atoms with Crippen molar-refractivity contribution in [1.82, 2.24) is 24.8 Å². The Hall–Kier alpha value is -4.36. The summed E-state index contributed by atoms with van der Waals surface area (Å²) in [7, 11) is -0.0369. The molecule has 0 bridgehead atoms. The van der Waals surface area contributed by atoms with Crippen molar-refractivity contribution in [2.24, 2.45) is 0 Å². The average molecular weight is 662 g/mol. The van der Waals surface area contributed by atoms with Crippen LogP contribution < -0.4 is 24.8 Å². The standard InChI is InChI=1S/C34H43N7O5S/c1-34(2,3)21-18-26(31(45-5)27(19-21)39-47(6,43)44)36-33(42)35-25-14-15-29(24-11-8-7-10-23(24)25)46-22-13-16-30-37-38-32(41(30)20-22)28-12-9-17-40(28)4/h7-8,10-11,13,16,18-20,25,28-29,39H,9,12,14-15,17H2,1-6H3,(H2,35,36,42)/t25-,28+,29+/m0/s1. The van der Waals surface area contributed by atoms with Gasteiger partial charge in [0, 0.05) is 0 Å². The first kappa shape index (κ1) is 32.6. The van der Waals surface area contributed by atoms with Crippen molar-refractivity contribution >= 4 is 33.1 Å². The van der Waals surface area contributed by atoms with E-state index < -0.39 is 16.1 Å². The van der Waals surface area contributed by atoms with E-state index in [-0.39, 0.29) is 35.0 Å². The number of carbonyl (C=O) groups is 1. The molecule has 250 valence electrons. The van der Waals surface area contributed by atoms with Crippen LogP contribution in [-0.2, 0) is 15.4 Å². The SMILES string of the molecule is COc1c(NC(=O)N[C@H]2CC[C@@H](Oc3ccc4nnc([C@H]5CCCN5C)n4c3)c3ccccc32)cc(C(C)(C)C)cc1NS(C)(=O)=O. The number of ether oxygens (including phenoxy) is 2. The number of amides is 2. The monoisotopic (exact) mass is 661 g/mol. The molecule has 1 aliphatic heterocycles. The lowest BCUT2D eigenvalue weighted by molar-refractivity contribution is 0.171. The highest BCUT2D eigenvalue weighted by Crippen LogP contribution is 2.41. The van der Waals surface area contributed by atoms with Gasteiger partial charge in [0.2, 0.25) is 10.0 Å². The van der Waals surface area contributed by atoms with Crippen LogP contribution in [0.2, 0.25) is 0 Å². The van der Waals surface area contributed by atoms with Gasteiger partial charge in [0.1, 0.15) is 11.9 Å². The highest BCUT2D eigenvalue weighted by molar-refractivity contribution is 7.92. The van der Waals surface area contributed by atoms with Crippen LogP contribution in [0.3, 0.4) is 0 Å². The summed E-state index contributed by atoms with van der Waals surface area (Å²) in [4.78, 5) is 15.8. The Balaban J connectivity index is 1.21. The number of hydrogen-bond donors (Lipinski definition) is 3. The third kappa shape index (κ3) is 7.01. The number of anilines is 2. The quantitative estimate of drug-likeness (QED) is 0.211. The number of methoxy groups -OCH3 is 1. The van der Waals surface area contributed by atoms with E-state index in [0.717, 1.165) is 59.6 Å². The molecule has 2 amide bonds. The van der Waals surface area contributed by atoms with Gasteiger partial charge in [0.05, 0.1) is 43.0 Å². The first-order valence-corrected chi connectivity index (χ1v) is 17.8. The highest BCUT2D eigenvalue weighted by Gasteiger charge is 2.31. The summed E-state index contributed by atoms with van der Waals surface area (Å²) in [5.41, 5.74) is 3.90. The van der Waals surface area contributed by atoms with Gasteiger partial charge in [-0.2, -0.15) is 0 Å². The molecule has 3 N–H and O–H groups in total. The average Bonchev–Trinajstić information content (AvgIpc) is 3.62. The number of hydrogen-bond acceptors (Lipinski definition) is 8. The van der Waals surface area contributed by atoms with E-state index in [1.54, 1.807) is 6.07 Å². The Kier molecular flexibility index (Phi) is 8.79. The minimum Gasteiger partial charge on any atom is -0.492 e. The molecule has 2 aromatic heterocycles. The van der Waals surface area contributed by atoms with Crippen molar-refractivity contribution in [2.75, 3.05) is 37.0 Å². The number of nitrogens with one attached hydrogen (secondary N) is 3. The molecule has 2 aliphatic rings. The van der Waals surface area contributed by atoms with E-state index in [9.17, 15) is 13.2 Å². The van der Waals surface area contributed by atoms with Crippen molar-refractivity contribution in [3.63, 3.8) is 0 Å². The predicted molar refractivity (Wildman–Crippen MR) is 182 cm³/mol. The van der Waals surface area contributed by atoms with Gasteiger partial charge in [0.15, 0.2) is 17.2 Å². The Morgan fingerprint density at radius 3 is 2.43 bits per heavy atom. The second kappa shape index (κ2) is 12.7. The fraction of sp³-hybridized carbons (Fsp3) is 0.441. The van der Waals surface area contributed by atoms with Gasteiger partial charge in [-0.1, -0.05) is 45.0 Å². The Bertz CT molecular complexity index is 1900. The van der Waals surface area contributed by atoms with Crippen molar-refractivity contribution in [1.29, 1.82) is 0 Å². The number of fused-ring (bicyclic) bond motifs is 2. The van der Waals surface area contributed by atoms with Gasteiger partial charge in [-0.25, -0.2) is 13.2 Å². The summed E-state index contributed by atoms with van der Waals surface area (Å²) in [5.74, 6) is 1.88. The molecule has 12 nitrogen and oxygen atoms in total. The van der Waals surface area contributed by atoms with Gasteiger partial charge < -0.3 is 20.1 Å². The van der Waals surface area contributed by atoms with Crippen LogP contribution in [0.25, 0.3) is 5.65 Å². The summed E-state index contributed by atoms with van der Waals surface area (Å²) < 4.78 is 41.0. The molecule has 0 radical (unpaired) electrons. The molecule has 4 aromatic rings. The molecule has 1 saturated heterocycles. The lowest BCUT2D eigenvalue weighted by atomic mass is 9.85. The molecule has 3 atom stereocenters. The Morgan fingerprint density at radius 2 is 1.74 bits per heavy atom. The zero-order valence-electron chi connectivity index (χ0n) is 27.7. The van der Waals surface area contributed by atoms with Crippen LogP contribution in [0.4, 0.5) is 16.2 Å². The molecule has 1 fully saturated rings. The van der Waals surface area contributed by atoms with Crippen molar-refractivity contribution in [3.05, 3.63) is 77.2 Å². The lowest BCUT2D eigenvalue weighted by Gasteiger charge is -2.32. The van der Waals surface area contributed by atoms with Gasteiger partial charge in [-0.15, -0.1) is 10.2 Å². The molecule has 2 aromatic carbocycles. The number of rotatable bonds is 8. The topological polar surface area (TPSA) is 139 Å². The molecule has 0 spiro atoms. The summed E-state index contributed by atoms with van der Waals surface area (Å²) in [5, 5.41) is 14.9. The summed E-state index contributed by atoms with van der Waals surface area (Å²) in [6.07, 6.45) is 6.38. The van der Waals surface area contributed by atoms with Crippen molar-refractivity contribution in [2.45, 2.75) is 70.1 Å². The molecule has 3 heterocycles. The van der Waals surface area contributed by atoms with Crippen LogP contribution in [0, 0.1) is 0 Å². The highest BCUT2D eigenvalue weighted by atomic mass is 32.2. The fourth-order valence-electron chi connectivity index (χ4n) is 6.58. The van der Waals surface area contributed by atoms with Gasteiger partial charge >= 0.3 is 6.03 Å². The smallest absolute Gasteiger partial charge is 0.319 e. The van der Waals surface area contributed by atoms with Gasteiger partial charge in [-0.05, 0) is 85.6 Å². The number of carbonyl (C=O) groups excluding carboxylic acids is 1. The van der Waals surface area contributed by atoms with Crippen LogP contribution in [0.15, 0.2) is 54.7 Å². The number of likely N-dealkylation sites (tertiary alicyclic amines) is 1. The number of benzene rings is 2. The van der Waals surface area contributed by atoms with Crippen molar-refractivity contribution < 1.29 is 22.7 Å². The molecule has 0 saturated carbocycles. The van der Waals surface area contributed by atoms with E-state index in [2.05, 4.69) is 37.5 Å². The maximum Gasteiger partial charge on any atom is 0.319 e. The third-order valence-corrected chi connectivity index (χ3v) is 9.53. The minimum atomic E-state index is -3.60. The largest absolute Gasteiger partial charge is 0.492 e. The molecule has 6 rings (SSSR count). The zero-order valence-corrected chi connectivity index (χ0v) is 28.5. The van der Waals surface area contributed by atoms with Crippen LogP contribution in [0.5, 0.6) is 11.5 Å². The van der Waals surface area contributed by atoms with Crippen LogP contribution in [0.1, 0.15) is 87.2 Å². The maximum absolute atomic E-state index is 13.5. The lowest BCUT2D eigenvalue weighted by Crippen LogP contribution is -2.35. The first-order valence-electron chi connectivity index (χ1n) is 15.9. The molecular formula is C34H43N7O5S. The maximum atomic E-state index is 13.5. The minimum absolute atomic E-state index is 0.202. The van der Waals surface area contributed by atoms with Crippen molar-refractivity contribution in [3.8, 4) is 11.5 Å². The second-order valence-electron chi connectivity index (χ2n) is 13.5. The fourth-order valence-corrected chi connectivity index (χ4v) is 7.13.